The van der Waals surface area contributed by atoms with Crippen LogP contribution in [0.1, 0.15) is 31.2 Å². The van der Waals surface area contributed by atoms with E-state index in [1.807, 2.05) is 0 Å². The van der Waals surface area contributed by atoms with Crippen molar-refractivity contribution in [3.8, 4) is 0 Å². The third kappa shape index (κ3) is 2.80. The molecule has 0 radical (unpaired) electrons. The average Bonchev–Trinajstić information content (AvgIpc) is 3.18. The molecule has 1 aliphatic heterocycles. The summed E-state index contributed by atoms with van der Waals surface area (Å²) in [4.78, 5) is 38.5. The molecule has 1 N–H and O–H groups in total. The Labute approximate surface area is 160 Å². The zero-order valence-electron chi connectivity index (χ0n) is 14.3. The van der Waals surface area contributed by atoms with Crippen molar-refractivity contribution in [3.63, 3.8) is 0 Å². The molecule has 27 heavy (non-hydrogen) atoms. The highest BCUT2D eigenvalue weighted by Crippen LogP contribution is 2.34. The van der Waals surface area contributed by atoms with E-state index in [2.05, 4.69) is 5.32 Å². The monoisotopic (exact) mass is 379 g/mol. The van der Waals surface area contributed by atoms with Gasteiger partial charge in [-0.1, -0.05) is 23.7 Å². The van der Waals surface area contributed by atoms with Crippen LogP contribution < -0.4 is 10.2 Å². The summed E-state index contributed by atoms with van der Waals surface area (Å²) in [5.74, 6) is -1.12. The van der Waals surface area contributed by atoms with Gasteiger partial charge in [0.05, 0.1) is 21.8 Å². The van der Waals surface area contributed by atoms with Crippen molar-refractivity contribution in [1.82, 2.24) is 4.57 Å². The van der Waals surface area contributed by atoms with Gasteiger partial charge in [-0.3, -0.25) is 14.4 Å². The second-order valence-corrected chi connectivity index (χ2v) is 6.52. The highest BCUT2D eigenvalue weighted by Gasteiger charge is 2.37. The molecule has 0 bridgehead atoms. The van der Waals surface area contributed by atoms with Gasteiger partial charge in [0.1, 0.15) is 5.69 Å². The zero-order chi connectivity index (χ0) is 19.1. The van der Waals surface area contributed by atoms with E-state index in [0.29, 0.717) is 22.5 Å². The van der Waals surface area contributed by atoms with Crippen LogP contribution in [-0.4, -0.2) is 22.3 Å². The molecule has 0 atom stereocenters. The number of aromatic nitrogens is 1. The first kappa shape index (κ1) is 17.1. The van der Waals surface area contributed by atoms with Gasteiger partial charge >= 0.3 is 0 Å². The van der Waals surface area contributed by atoms with Crippen molar-refractivity contribution in [2.75, 3.05) is 10.2 Å². The van der Waals surface area contributed by atoms with Crippen LogP contribution in [0.25, 0.3) is 0 Å². The highest BCUT2D eigenvalue weighted by molar-refractivity contribution is 6.40. The van der Waals surface area contributed by atoms with E-state index >= 15 is 0 Å². The van der Waals surface area contributed by atoms with Gasteiger partial charge in [-0.05, 0) is 42.5 Å². The zero-order valence-corrected chi connectivity index (χ0v) is 15.0. The van der Waals surface area contributed by atoms with Crippen molar-refractivity contribution in [2.24, 2.45) is 7.05 Å². The minimum absolute atomic E-state index is 0.189. The molecule has 0 saturated heterocycles. The number of benzene rings is 2. The predicted molar refractivity (Wildman–Crippen MR) is 102 cm³/mol. The number of halogens is 1. The van der Waals surface area contributed by atoms with Gasteiger partial charge in [-0.15, -0.1) is 0 Å². The largest absolute Gasteiger partial charge is 0.347 e. The maximum Gasteiger partial charge on any atom is 0.272 e. The number of hydrogen-bond donors (Lipinski definition) is 1. The van der Waals surface area contributed by atoms with E-state index in [1.165, 1.54) is 6.07 Å². The summed E-state index contributed by atoms with van der Waals surface area (Å²) in [6.07, 6.45) is 1.77. The number of hydrogen-bond acceptors (Lipinski definition) is 3. The Morgan fingerprint density at radius 2 is 1.63 bits per heavy atom. The fraction of sp³-hybridized carbons (Fsp3) is 0.0500. The van der Waals surface area contributed by atoms with Crippen LogP contribution in [0, 0.1) is 0 Å². The summed E-state index contributed by atoms with van der Waals surface area (Å²) in [6.45, 7) is 0. The summed E-state index contributed by atoms with van der Waals surface area (Å²) in [6, 6.07) is 14.8. The number of carbonyl (C=O) groups excluding carboxylic acids is 3. The Morgan fingerprint density at radius 1 is 0.963 bits per heavy atom. The van der Waals surface area contributed by atoms with Crippen molar-refractivity contribution in [1.29, 1.82) is 0 Å². The number of nitrogens with zero attached hydrogens (tertiary/aromatic N) is 2. The minimum atomic E-state index is -0.418. The number of anilines is 2. The van der Waals surface area contributed by atoms with Gasteiger partial charge in [0.15, 0.2) is 0 Å². The van der Waals surface area contributed by atoms with Crippen LogP contribution in [-0.2, 0) is 7.05 Å². The fourth-order valence-electron chi connectivity index (χ4n) is 3.07. The third-order valence-electron chi connectivity index (χ3n) is 4.42. The number of nitrogens with one attached hydrogen (secondary N) is 1. The number of imide groups is 1. The number of aryl methyl sites for hydroxylation is 1. The lowest BCUT2D eigenvalue weighted by atomic mass is 10.1. The lowest BCUT2D eigenvalue weighted by Gasteiger charge is -2.16. The number of rotatable bonds is 3. The molecule has 1 aromatic heterocycles. The summed E-state index contributed by atoms with van der Waals surface area (Å²) >= 11 is 6.32. The van der Waals surface area contributed by atoms with Gasteiger partial charge in [0.25, 0.3) is 17.7 Å². The summed E-state index contributed by atoms with van der Waals surface area (Å²) in [7, 11) is 1.77. The molecule has 0 fully saturated rings. The standard InChI is InChI=1S/C20H14ClN3O3/c1-23-10-4-7-17(23)18(25)22-12-8-9-16(15(21)11-12)24-19(26)13-5-2-3-6-14(13)20(24)27/h2-11H,1H3,(H,22,25). The van der Waals surface area contributed by atoms with Crippen LogP contribution in [0.4, 0.5) is 11.4 Å². The summed E-state index contributed by atoms with van der Waals surface area (Å²) < 4.78 is 1.70. The maximum absolute atomic E-state index is 12.6. The van der Waals surface area contributed by atoms with Crippen LogP contribution >= 0.6 is 11.6 Å². The first-order chi connectivity index (χ1) is 13.0. The first-order valence-corrected chi connectivity index (χ1v) is 8.55. The second kappa shape index (κ2) is 6.41. The number of carbonyl (C=O) groups is 3. The van der Waals surface area contributed by atoms with E-state index in [4.69, 9.17) is 11.6 Å². The topological polar surface area (TPSA) is 71.4 Å². The molecule has 0 saturated carbocycles. The van der Waals surface area contributed by atoms with Crippen LogP contribution in [0.5, 0.6) is 0 Å². The Morgan fingerprint density at radius 3 is 2.19 bits per heavy atom. The van der Waals surface area contributed by atoms with E-state index in [0.717, 1.165) is 4.90 Å². The molecule has 6 nitrogen and oxygen atoms in total. The van der Waals surface area contributed by atoms with E-state index in [1.54, 1.807) is 66.3 Å². The van der Waals surface area contributed by atoms with Crippen LogP contribution in [0.3, 0.4) is 0 Å². The Hall–Kier alpha value is -3.38. The quantitative estimate of drug-likeness (QED) is 0.705. The van der Waals surface area contributed by atoms with Crippen molar-refractivity contribution in [2.45, 2.75) is 0 Å². The molecule has 134 valence electrons. The Balaban J connectivity index is 1.62. The maximum atomic E-state index is 12.6. The molecule has 4 rings (SSSR count). The molecule has 0 aliphatic carbocycles. The van der Waals surface area contributed by atoms with Crippen molar-refractivity contribution >= 4 is 40.7 Å². The Bertz CT molecular complexity index is 1070. The van der Waals surface area contributed by atoms with Gasteiger partial charge in [0.2, 0.25) is 0 Å². The van der Waals surface area contributed by atoms with E-state index in [9.17, 15) is 14.4 Å². The third-order valence-corrected chi connectivity index (χ3v) is 4.72. The minimum Gasteiger partial charge on any atom is -0.347 e. The molecule has 0 unspecified atom stereocenters. The lowest BCUT2D eigenvalue weighted by molar-refractivity contribution is 0.0924. The van der Waals surface area contributed by atoms with Gasteiger partial charge in [-0.25, -0.2) is 4.90 Å². The van der Waals surface area contributed by atoms with Gasteiger partial charge < -0.3 is 9.88 Å². The smallest absolute Gasteiger partial charge is 0.272 e. The highest BCUT2D eigenvalue weighted by atomic mass is 35.5. The molecule has 7 heteroatoms. The van der Waals surface area contributed by atoms with Crippen molar-refractivity contribution in [3.05, 3.63) is 82.6 Å². The lowest BCUT2D eigenvalue weighted by Crippen LogP contribution is -2.29. The first-order valence-electron chi connectivity index (χ1n) is 8.17. The van der Waals surface area contributed by atoms with Gasteiger partial charge in [-0.2, -0.15) is 0 Å². The van der Waals surface area contributed by atoms with Crippen LogP contribution in [0.2, 0.25) is 5.02 Å². The molecule has 1 aliphatic rings. The van der Waals surface area contributed by atoms with E-state index in [-0.39, 0.29) is 16.6 Å². The SMILES string of the molecule is Cn1cccc1C(=O)Nc1ccc(N2C(=O)c3ccccc3C2=O)c(Cl)c1. The molecule has 2 heterocycles. The molecule has 3 aromatic rings. The molecular formula is C20H14ClN3O3. The fourth-order valence-corrected chi connectivity index (χ4v) is 3.33. The number of fused-ring (bicyclic) bond motifs is 1. The molecule has 2 aromatic carbocycles. The van der Waals surface area contributed by atoms with Crippen molar-refractivity contribution < 1.29 is 14.4 Å². The Kier molecular flexibility index (Phi) is 4.05. The summed E-state index contributed by atoms with van der Waals surface area (Å²) in [5, 5.41) is 2.94. The van der Waals surface area contributed by atoms with E-state index < -0.39 is 11.8 Å². The second-order valence-electron chi connectivity index (χ2n) is 6.12. The summed E-state index contributed by atoms with van der Waals surface area (Å²) in [5.41, 5.74) is 1.93. The van der Waals surface area contributed by atoms with Crippen LogP contribution in [0.15, 0.2) is 60.8 Å². The normalized spacial score (nSPS) is 13.0. The predicted octanol–water partition coefficient (Wildman–Crippen LogP) is 3.73. The molecule has 0 spiro atoms. The molecular weight excluding hydrogens is 366 g/mol. The molecule has 3 amide bonds. The number of amides is 3. The average molecular weight is 380 g/mol. The van der Waals surface area contributed by atoms with Gasteiger partial charge in [0, 0.05) is 18.9 Å².